The molecule has 0 radical (unpaired) electrons. The number of benzene rings is 1. The van der Waals surface area contributed by atoms with Gasteiger partial charge in [0.2, 0.25) is 34.8 Å². The number of carbonyl (C=O) groups excluding carboxylic acids is 2. The second-order valence-corrected chi connectivity index (χ2v) is 13.0. The highest BCUT2D eigenvalue weighted by Gasteiger charge is 2.28. The van der Waals surface area contributed by atoms with Crippen LogP contribution in [-0.2, 0) is 66.4 Å². The van der Waals surface area contributed by atoms with Crippen molar-refractivity contribution >= 4 is 11.9 Å². The Labute approximate surface area is 356 Å². The molecule has 0 N–H and O–H groups in total. The van der Waals surface area contributed by atoms with Crippen LogP contribution in [0.4, 0.5) is 22.0 Å². The Morgan fingerprint density at radius 1 is 0.328 bits per heavy atom. The molecule has 15 nitrogen and oxygen atoms in total. The highest BCUT2D eigenvalue weighted by molar-refractivity contribution is 5.72. The van der Waals surface area contributed by atoms with E-state index in [1.807, 2.05) is 0 Å². The van der Waals surface area contributed by atoms with Gasteiger partial charge in [-0.25, -0.2) is 13.2 Å². The predicted octanol–water partition coefficient (Wildman–Crippen LogP) is 5.54. The third-order valence-electron chi connectivity index (χ3n) is 8.03. The molecule has 0 aliphatic heterocycles. The summed E-state index contributed by atoms with van der Waals surface area (Å²) in [7, 11) is 0. The third kappa shape index (κ3) is 32.7. The number of esters is 2. The Bertz CT molecular complexity index is 1190. The van der Waals surface area contributed by atoms with Gasteiger partial charge in [-0.2, -0.15) is 8.78 Å². The van der Waals surface area contributed by atoms with E-state index in [0.717, 1.165) is 12.8 Å². The maximum absolute atomic E-state index is 13.6. The summed E-state index contributed by atoms with van der Waals surface area (Å²) in [5, 5.41) is 0. The van der Waals surface area contributed by atoms with Crippen molar-refractivity contribution in [2.45, 2.75) is 64.7 Å². The van der Waals surface area contributed by atoms with Gasteiger partial charge in [-0.05, 0) is 6.42 Å². The first kappa shape index (κ1) is 56.4. The Morgan fingerprint density at radius 3 is 0.951 bits per heavy atom. The summed E-state index contributed by atoms with van der Waals surface area (Å²) < 4.78 is 135. The van der Waals surface area contributed by atoms with Gasteiger partial charge >= 0.3 is 11.9 Å². The zero-order valence-corrected chi connectivity index (χ0v) is 35.6. The van der Waals surface area contributed by atoms with Crippen LogP contribution < -0.4 is 4.74 Å². The van der Waals surface area contributed by atoms with Crippen molar-refractivity contribution in [3.63, 3.8) is 0 Å². The molecule has 0 spiro atoms. The molecule has 0 amide bonds. The first-order valence-corrected chi connectivity index (χ1v) is 21.0. The van der Waals surface area contributed by atoms with Crippen molar-refractivity contribution < 1.29 is 93.1 Å². The molecule has 0 atom stereocenters. The van der Waals surface area contributed by atoms with Crippen LogP contribution in [0, 0.1) is 29.1 Å². The minimum absolute atomic E-state index is 0.0753. The number of hydrogen-bond donors (Lipinski definition) is 0. The fourth-order valence-electron chi connectivity index (χ4n) is 4.81. The summed E-state index contributed by atoms with van der Waals surface area (Å²) >= 11 is 0. The molecule has 0 saturated heterocycles. The van der Waals surface area contributed by atoms with E-state index in [0.29, 0.717) is 125 Å². The van der Waals surface area contributed by atoms with Crippen molar-refractivity contribution in [1.82, 2.24) is 0 Å². The van der Waals surface area contributed by atoms with Gasteiger partial charge in [0.1, 0.15) is 6.61 Å². The van der Waals surface area contributed by atoms with Crippen molar-refractivity contribution in [2.24, 2.45) is 0 Å². The van der Waals surface area contributed by atoms with E-state index in [4.69, 9.17) is 56.8 Å². The standard InChI is InChI=1S/C41H67F5O15/c1-2-3-4-5-6-7-8-9-34(47)60-33-32-59-31-30-58-29-28-57-27-26-56-25-24-55-23-22-54-21-20-53-19-18-52-17-16-51-15-14-50-13-12-49-11-10-35(48)61-41-39(45)37(43)36(42)38(44)40(41)46/h2-33H2,1H3. The van der Waals surface area contributed by atoms with Crippen molar-refractivity contribution in [3.05, 3.63) is 29.1 Å². The van der Waals surface area contributed by atoms with E-state index >= 15 is 0 Å². The Kier molecular flexibility index (Phi) is 38.3. The van der Waals surface area contributed by atoms with Crippen molar-refractivity contribution in [1.29, 1.82) is 0 Å². The monoisotopic (exact) mass is 894 g/mol. The second-order valence-electron chi connectivity index (χ2n) is 13.0. The molecular formula is C41H67F5O15. The lowest BCUT2D eigenvalue weighted by molar-refractivity contribution is -0.145. The van der Waals surface area contributed by atoms with Crippen LogP contribution in [0.15, 0.2) is 0 Å². The minimum atomic E-state index is -2.35. The summed E-state index contributed by atoms with van der Waals surface area (Å²) in [6.45, 7) is 10.2. The summed E-state index contributed by atoms with van der Waals surface area (Å²) in [6.07, 6.45) is 8.16. The zero-order chi connectivity index (χ0) is 44.4. The van der Waals surface area contributed by atoms with Gasteiger partial charge in [0, 0.05) is 6.42 Å². The van der Waals surface area contributed by atoms with Crippen LogP contribution in [0.5, 0.6) is 5.75 Å². The fraction of sp³-hybridized carbons (Fsp3) is 0.805. The van der Waals surface area contributed by atoms with Crippen LogP contribution in [0.2, 0.25) is 0 Å². The lowest BCUT2D eigenvalue weighted by Gasteiger charge is -2.09. The highest BCUT2D eigenvalue weighted by atomic mass is 19.2. The zero-order valence-electron chi connectivity index (χ0n) is 35.6. The molecule has 0 aromatic heterocycles. The molecule has 1 aromatic carbocycles. The SMILES string of the molecule is CCCCCCCCCC(=O)OCCOCCOCCOCCOCCOCCOCCOCCOCCOCCOCCOCCC(=O)Oc1c(F)c(F)c(F)c(F)c1F. The smallest absolute Gasteiger partial charge is 0.313 e. The van der Waals surface area contributed by atoms with E-state index in [1.54, 1.807) is 0 Å². The first-order valence-electron chi connectivity index (χ1n) is 21.0. The van der Waals surface area contributed by atoms with Gasteiger partial charge in [0.25, 0.3) is 0 Å². The molecule has 0 unspecified atom stereocenters. The Morgan fingerprint density at radius 2 is 0.607 bits per heavy atom. The molecule has 1 aromatic rings. The van der Waals surface area contributed by atoms with Crippen LogP contribution in [-0.4, -0.2) is 164 Å². The maximum Gasteiger partial charge on any atom is 0.313 e. The van der Waals surface area contributed by atoms with Gasteiger partial charge < -0.3 is 61.6 Å². The number of halogens is 5. The van der Waals surface area contributed by atoms with Crippen molar-refractivity contribution in [3.8, 4) is 5.75 Å². The van der Waals surface area contributed by atoms with Crippen LogP contribution in [0.3, 0.4) is 0 Å². The van der Waals surface area contributed by atoms with Crippen LogP contribution in [0.25, 0.3) is 0 Å². The molecular weight excluding hydrogens is 827 g/mol. The lowest BCUT2D eigenvalue weighted by Crippen LogP contribution is -2.16. The number of carbonyl (C=O) groups is 2. The minimum Gasteiger partial charge on any atom is -0.463 e. The quantitative estimate of drug-likeness (QED) is 0.0201. The van der Waals surface area contributed by atoms with Gasteiger partial charge in [0.05, 0.1) is 152 Å². The lowest BCUT2D eigenvalue weighted by atomic mass is 10.1. The van der Waals surface area contributed by atoms with E-state index in [1.165, 1.54) is 32.1 Å². The average Bonchev–Trinajstić information content (AvgIpc) is 3.26. The average molecular weight is 895 g/mol. The molecule has 1 rings (SSSR count). The molecule has 0 bridgehead atoms. The second kappa shape index (κ2) is 41.4. The third-order valence-corrected chi connectivity index (χ3v) is 8.03. The van der Waals surface area contributed by atoms with E-state index < -0.39 is 47.2 Å². The van der Waals surface area contributed by atoms with E-state index in [-0.39, 0.29) is 39.0 Å². The number of hydrogen-bond acceptors (Lipinski definition) is 15. The van der Waals surface area contributed by atoms with Crippen LogP contribution >= 0.6 is 0 Å². The summed E-state index contributed by atoms with van der Waals surface area (Å²) in [5.74, 6) is -14.3. The largest absolute Gasteiger partial charge is 0.463 e. The summed E-state index contributed by atoms with van der Waals surface area (Å²) in [4.78, 5) is 23.4. The molecule has 0 fully saturated rings. The molecule has 0 heterocycles. The number of rotatable bonds is 45. The van der Waals surface area contributed by atoms with Crippen LogP contribution in [0.1, 0.15) is 64.7 Å². The molecule has 356 valence electrons. The molecule has 0 saturated carbocycles. The van der Waals surface area contributed by atoms with E-state index in [2.05, 4.69) is 11.7 Å². The van der Waals surface area contributed by atoms with Crippen molar-refractivity contribution in [2.75, 3.05) is 152 Å². The predicted molar refractivity (Wildman–Crippen MR) is 209 cm³/mol. The number of ether oxygens (including phenoxy) is 13. The molecule has 0 aliphatic rings. The Hall–Kier alpha value is -2.63. The van der Waals surface area contributed by atoms with E-state index in [9.17, 15) is 31.5 Å². The van der Waals surface area contributed by atoms with Gasteiger partial charge in [0.15, 0.2) is 0 Å². The maximum atomic E-state index is 13.6. The Balaban J connectivity index is 1.70. The summed E-state index contributed by atoms with van der Waals surface area (Å²) in [5.41, 5.74) is 0. The van der Waals surface area contributed by atoms with Gasteiger partial charge in [-0.1, -0.05) is 45.4 Å². The van der Waals surface area contributed by atoms with Gasteiger partial charge in [-0.3, -0.25) is 9.59 Å². The fourth-order valence-corrected chi connectivity index (χ4v) is 4.81. The topological polar surface area (TPSA) is 154 Å². The normalized spacial score (nSPS) is 11.4. The highest BCUT2D eigenvalue weighted by Crippen LogP contribution is 2.29. The summed E-state index contributed by atoms with van der Waals surface area (Å²) in [6, 6.07) is 0. The molecule has 20 heteroatoms. The number of unbranched alkanes of at least 4 members (excludes halogenated alkanes) is 6. The van der Waals surface area contributed by atoms with Gasteiger partial charge in [-0.15, -0.1) is 0 Å². The molecule has 61 heavy (non-hydrogen) atoms. The first-order chi connectivity index (χ1) is 29.8. The molecule has 0 aliphatic carbocycles.